The SMILES string of the molecule is O=C(c1ncc[nH]1)c1c2nc(c(C(=O)c3ncc[nH]3)c3ccc(cc4nc(cc5ccc1[nH]5)C=C4)[nH]3)C=C2. The summed E-state index contributed by atoms with van der Waals surface area (Å²) in [5, 5.41) is 0. The molecule has 8 bridgehead atoms. The number of nitrogens with zero attached hydrogens (tertiary/aromatic N) is 4. The molecular weight excluding hydrogens is 480 g/mol. The first-order valence-corrected chi connectivity index (χ1v) is 11.8. The molecule has 0 saturated carbocycles. The fraction of sp³-hybridized carbons (Fsp3) is 0. The summed E-state index contributed by atoms with van der Waals surface area (Å²) in [6.45, 7) is 0. The van der Waals surface area contributed by atoms with Crippen molar-refractivity contribution in [3.63, 3.8) is 0 Å². The number of rotatable bonds is 4. The maximum atomic E-state index is 13.6. The summed E-state index contributed by atoms with van der Waals surface area (Å²) in [5.74, 6) is -0.305. The molecular formula is C28H18N8O2. The normalized spacial score (nSPS) is 12.2. The Kier molecular flexibility index (Phi) is 4.83. The lowest BCUT2D eigenvalue weighted by atomic mass is 10.1. The lowest BCUT2D eigenvalue weighted by Crippen LogP contribution is -2.08. The van der Waals surface area contributed by atoms with Crippen LogP contribution in [0.1, 0.15) is 55.1 Å². The lowest BCUT2D eigenvalue weighted by molar-refractivity contribution is 0.102. The molecule has 38 heavy (non-hydrogen) atoms. The van der Waals surface area contributed by atoms with Gasteiger partial charge in [-0.25, -0.2) is 19.9 Å². The molecule has 10 heteroatoms. The summed E-state index contributed by atoms with van der Waals surface area (Å²) in [6, 6.07) is 11.2. The second-order valence-corrected chi connectivity index (χ2v) is 8.74. The number of imidazole rings is 2. The van der Waals surface area contributed by atoms with Crippen LogP contribution in [-0.2, 0) is 0 Å². The van der Waals surface area contributed by atoms with E-state index < -0.39 is 0 Å². The maximum Gasteiger partial charge on any atom is 0.232 e. The van der Waals surface area contributed by atoms with E-state index in [0.29, 0.717) is 33.5 Å². The van der Waals surface area contributed by atoms with E-state index in [-0.39, 0.29) is 23.2 Å². The fourth-order valence-electron chi connectivity index (χ4n) is 4.57. The molecule has 0 aliphatic carbocycles. The Morgan fingerprint density at radius 3 is 1.55 bits per heavy atom. The van der Waals surface area contributed by atoms with Crippen LogP contribution in [0.3, 0.4) is 0 Å². The first-order valence-electron chi connectivity index (χ1n) is 11.8. The van der Waals surface area contributed by atoms with Crippen LogP contribution in [-0.4, -0.2) is 51.4 Å². The molecule has 7 heterocycles. The van der Waals surface area contributed by atoms with Gasteiger partial charge in [-0.05, 0) is 60.7 Å². The van der Waals surface area contributed by atoms with E-state index in [9.17, 15) is 9.59 Å². The Hall–Kier alpha value is -5.64. The van der Waals surface area contributed by atoms with Gasteiger partial charge in [0.05, 0.1) is 44.9 Å². The molecule has 0 spiro atoms. The van der Waals surface area contributed by atoms with Crippen LogP contribution in [0.4, 0.5) is 0 Å². The number of carbonyl (C=O) groups is 2. The zero-order chi connectivity index (χ0) is 25.6. The van der Waals surface area contributed by atoms with Gasteiger partial charge in [-0.3, -0.25) is 9.59 Å². The number of hydrogen-bond donors (Lipinski definition) is 4. The highest BCUT2D eigenvalue weighted by molar-refractivity contribution is 6.15. The highest BCUT2D eigenvalue weighted by atomic mass is 16.1. The summed E-state index contributed by atoms with van der Waals surface area (Å²) >= 11 is 0. The zero-order valence-corrected chi connectivity index (χ0v) is 19.7. The first-order chi connectivity index (χ1) is 18.6. The Morgan fingerprint density at radius 2 is 1.11 bits per heavy atom. The predicted molar refractivity (Wildman–Crippen MR) is 143 cm³/mol. The molecule has 0 unspecified atom stereocenters. The standard InChI is InChI=1S/C28H18N8O2/c37-25(27-29-9-10-30-27)23-19-5-3-17(34-19)13-15-1-2-16(33-15)14-18-4-6-20(35-18)24(22-8-7-21(23)36-22)26(38)28-31-11-12-32-28/h1-14,34-35H,(H,29,30)(H,31,32). The van der Waals surface area contributed by atoms with Crippen LogP contribution in [0.2, 0.25) is 0 Å². The van der Waals surface area contributed by atoms with Crippen LogP contribution in [0, 0.1) is 0 Å². The summed E-state index contributed by atoms with van der Waals surface area (Å²) in [6.07, 6.45) is 13.5. The quantitative estimate of drug-likeness (QED) is 0.261. The molecule has 5 aromatic rings. The molecule has 0 amide bonds. The van der Waals surface area contributed by atoms with E-state index in [1.807, 2.05) is 48.6 Å². The molecule has 0 saturated heterocycles. The number of aromatic nitrogens is 8. The molecule has 0 aromatic carbocycles. The van der Waals surface area contributed by atoms with Gasteiger partial charge in [-0.15, -0.1) is 0 Å². The number of nitrogens with one attached hydrogen (secondary N) is 4. The molecule has 2 aliphatic heterocycles. The molecule has 0 fully saturated rings. The van der Waals surface area contributed by atoms with Gasteiger partial charge in [0, 0.05) is 35.8 Å². The van der Waals surface area contributed by atoms with Crippen molar-refractivity contribution in [1.82, 2.24) is 39.9 Å². The van der Waals surface area contributed by atoms with Crippen molar-refractivity contribution >= 4 is 57.9 Å². The van der Waals surface area contributed by atoms with Gasteiger partial charge in [-0.2, -0.15) is 0 Å². The smallest absolute Gasteiger partial charge is 0.232 e. The van der Waals surface area contributed by atoms with Crippen LogP contribution < -0.4 is 0 Å². The number of carbonyl (C=O) groups excluding carboxylic acids is 2. The zero-order valence-electron chi connectivity index (χ0n) is 19.7. The summed E-state index contributed by atoms with van der Waals surface area (Å²) in [4.78, 5) is 57.3. The van der Waals surface area contributed by atoms with E-state index in [1.54, 1.807) is 24.5 Å². The number of hydrogen-bond acceptors (Lipinski definition) is 6. The van der Waals surface area contributed by atoms with Crippen molar-refractivity contribution in [1.29, 1.82) is 0 Å². The van der Waals surface area contributed by atoms with E-state index in [1.165, 1.54) is 12.4 Å². The minimum atomic E-state index is -0.335. The lowest BCUT2D eigenvalue weighted by Gasteiger charge is -2.01. The van der Waals surface area contributed by atoms with Gasteiger partial charge in [0.2, 0.25) is 11.6 Å². The minimum absolute atomic E-state index is 0.182. The third-order valence-corrected chi connectivity index (χ3v) is 6.28. The third kappa shape index (κ3) is 3.68. The number of aromatic amines is 4. The van der Waals surface area contributed by atoms with Gasteiger partial charge in [0.1, 0.15) is 0 Å². The third-order valence-electron chi connectivity index (χ3n) is 6.28. The molecule has 2 aliphatic rings. The number of ketones is 2. The maximum absolute atomic E-state index is 13.6. The largest absolute Gasteiger partial charge is 0.355 e. The first kappa shape index (κ1) is 21.6. The second-order valence-electron chi connectivity index (χ2n) is 8.74. The molecule has 7 rings (SSSR count). The van der Waals surface area contributed by atoms with Gasteiger partial charge >= 0.3 is 0 Å². The van der Waals surface area contributed by atoms with Gasteiger partial charge in [0.25, 0.3) is 0 Å². The van der Waals surface area contributed by atoms with Gasteiger partial charge < -0.3 is 19.9 Å². The molecule has 4 N–H and O–H groups in total. The molecule has 0 radical (unpaired) electrons. The average Bonchev–Trinajstić information content (AvgIpc) is 3.75. The van der Waals surface area contributed by atoms with Crippen molar-refractivity contribution in [2.75, 3.05) is 0 Å². The van der Waals surface area contributed by atoms with Crippen LogP contribution >= 0.6 is 0 Å². The van der Waals surface area contributed by atoms with Gasteiger partial charge in [-0.1, -0.05) is 0 Å². The summed E-state index contributed by atoms with van der Waals surface area (Å²) in [5.41, 5.74) is 5.64. The Labute approximate surface area is 214 Å². The van der Waals surface area contributed by atoms with E-state index in [0.717, 1.165) is 22.4 Å². The number of fused-ring (bicyclic) bond motifs is 8. The highest BCUT2D eigenvalue weighted by Crippen LogP contribution is 2.26. The molecule has 182 valence electrons. The minimum Gasteiger partial charge on any atom is -0.355 e. The van der Waals surface area contributed by atoms with Gasteiger partial charge in [0.15, 0.2) is 11.6 Å². The van der Waals surface area contributed by atoms with E-state index in [2.05, 4.69) is 34.9 Å². The second kappa shape index (κ2) is 8.49. The van der Waals surface area contributed by atoms with Crippen molar-refractivity contribution in [3.8, 4) is 0 Å². The molecule has 10 nitrogen and oxygen atoms in total. The Bertz CT molecular complexity index is 1820. The monoisotopic (exact) mass is 498 g/mol. The fourth-order valence-corrected chi connectivity index (χ4v) is 4.57. The van der Waals surface area contributed by atoms with Crippen molar-refractivity contribution in [2.24, 2.45) is 0 Å². The topological polar surface area (TPSA) is 149 Å². The van der Waals surface area contributed by atoms with E-state index in [4.69, 9.17) is 4.98 Å². The van der Waals surface area contributed by atoms with Crippen molar-refractivity contribution < 1.29 is 9.59 Å². The number of H-pyrrole nitrogens is 4. The Morgan fingerprint density at radius 1 is 0.605 bits per heavy atom. The average molecular weight is 499 g/mol. The van der Waals surface area contributed by atoms with E-state index >= 15 is 0 Å². The van der Waals surface area contributed by atoms with Crippen molar-refractivity contribution in [2.45, 2.75) is 0 Å². The predicted octanol–water partition coefficient (Wildman–Crippen LogP) is 4.56. The van der Waals surface area contributed by atoms with Crippen molar-refractivity contribution in [3.05, 3.63) is 107 Å². The van der Waals surface area contributed by atoms with Crippen LogP contribution in [0.15, 0.2) is 61.2 Å². The molecule has 0 atom stereocenters. The van der Waals surface area contributed by atoms with Crippen LogP contribution in [0.25, 0.3) is 46.4 Å². The highest BCUT2D eigenvalue weighted by Gasteiger charge is 2.23. The van der Waals surface area contributed by atoms with Crippen LogP contribution in [0.5, 0.6) is 0 Å². The summed E-state index contributed by atoms with van der Waals surface area (Å²) in [7, 11) is 0. The molecule has 5 aromatic heterocycles. The summed E-state index contributed by atoms with van der Waals surface area (Å²) < 4.78 is 0. The Balaban J connectivity index is 1.60.